The van der Waals surface area contributed by atoms with Crippen molar-refractivity contribution in [3.8, 4) is 0 Å². The molecule has 0 radical (unpaired) electrons. The molecular formula is C16H24ClN3O. The van der Waals surface area contributed by atoms with Crippen LogP contribution in [-0.4, -0.2) is 55.8 Å². The Hall–Kier alpha value is -0.840. The number of hydrogen-bond donors (Lipinski definition) is 0. The highest BCUT2D eigenvalue weighted by molar-refractivity contribution is 6.30. The van der Waals surface area contributed by atoms with Gasteiger partial charge in [-0.2, -0.15) is 0 Å². The number of morpholine rings is 1. The third-order valence-corrected chi connectivity index (χ3v) is 4.83. The number of halogens is 1. The van der Waals surface area contributed by atoms with E-state index in [-0.39, 0.29) is 0 Å². The summed E-state index contributed by atoms with van der Waals surface area (Å²) in [6.07, 6.45) is 5.60. The van der Waals surface area contributed by atoms with E-state index in [0.717, 1.165) is 51.1 Å². The molecule has 1 aromatic heterocycles. The summed E-state index contributed by atoms with van der Waals surface area (Å²) >= 11 is 5.89. The van der Waals surface area contributed by atoms with Crippen LogP contribution in [0.4, 0.5) is 5.82 Å². The van der Waals surface area contributed by atoms with Gasteiger partial charge in [0.05, 0.1) is 18.2 Å². The Morgan fingerprint density at radius 3 is 2.57 bits per heavy atom. The number of ether oxygens (including phenoxy) is 1. The quantitative estimate of drug-likeness (QED) is 0.855. The first-order chi connectivity index (χ1) is 10.3. The highest BCUT2D eigenvalue weighted by Gasteiger charge is 2.21. The summed E-state index contributed by atoms with van der Waals surface area (Å²) in [5.41, 5.74) is 0. The molecule has 5 heteroatoms. The van der Waals surface area contributed by atoms with E-state index in [2.05, 4.69) is 14.8 Å². The van der Waals surface area contributed by atoms with E-state index in [1.54, 1.807) is 6.20 Å². The third kappa shape index (κ3) is 4.31. The number of nitrogens with zero attached hydrogens (tertiary/aromatic N) is 3. The molecule has 2 aliphatic rings. The summed E-state index contributed by atoms with van der Waals surface area (Å²) in [6.45, 7) is 7.47. The summed E-state index contributed by atoms with van der Waals surface area (Å²) in [4.78, 5) is 9.33. The standard InChI is InChI=1S/C16H24ClN3O/c17-15-1-2-16(18-13-15)20-7-4-14(5-8-20)3-6-19-9-11-21-12-10-19/h1-2,13-14H,3-12H2. The molecule has 0 unspecified atom stereocenters. The van der Waals surface area contributed by atoms with Crippen LogP contribution in [0.3, 0.4) is 0 Å². The number of piperidine rings is 1. The van der Waals surface area contributed by atoms with Crippen LogP contribution >= 0.6 is 11.6 Å². The second-order valence-corrected chi connectivity index (χ2v) is 6.44. The minimum atomic E-state index is 0.708. The summed E-state index contributed by atoms with van der Waals surface area (Å²) in [5.74, 6) is 1.92. The first-order valence-corrected chi connectivity index (χ1v) is 8.35. The number of anilines is 1. The predicted molar refractivity (Wildman–Crippen MR) is 86.1 cm³/mol. The zero-order valence-corrected chi connectivity index (χ0v) is 13.3. The molecule has 1 aromatic rings. The van der Waals surface area contributed by atoms with E-state index in [0.29, 0.717) is 5.02 Å². The van der Waals surface area contributed by atoms with Gasteiger partial charge in [0.1, 0.15) is 5.82 Å². The molecule has 2 saturated heterocycles. The van der Waals surface area contributed by atoms with Gasteiger partial charge in [-0.05, 0) is 43.9 Å². The lowest BCUT2D eigenvalue weighted by molar-refractivity contribution is 0.0349. The fourth-order valence-electron chi connectivity index (χ4n) is 3.20. The predicted octanol–water partition coefficient (Wildman–Crippen LogP) is 2.67. The van der Waals surface area contributed by atoms with Gasteiger partial charge in [-0.25, -0.2) is 4.98 Å². The van der Waals surface area contributed by atoms with Crippen molar-refractivity contribution in [3.05, 3.63) is 23.4 Å². The van der Waals surface area contributed by atoms with Gasteiger partial charge in [0.25, 0.3) is 0 Å². The molecule has 116 valence electrons. The number of rotatable bonds is 4. The zero-order valence-electron chi connectivity index (χ0n) is 12.5. The van der Waals surface area contributed by atoms with Gasteiger partial charge >= 0.3 is 0 Å². The van der Waals surface area contributed by atoms with Crippen LogP contribution < -0.4 is 4.90 Å². The van der Waals surface area contributed by atoms with Crippen LogP contribution in [-0.2, 0) is 4.74 Å². The van der Waals surface area contributed by atoms with Gasteiger partial charge < -0.3 is 9.64 Å². The molecule has 4 nitrogen and oxygen atoms in total. The average Bonchev–Trinajstić information content (AvgIpc) is 2.55. The molecule has 0 bridgehead atoms. The van der Waals surface area contributed by atoms with Gasteiger partial charge in [0, 0.05) is 32.4 Å². The van der Waals surface area contributed by atoms with Gasteiger partial charge in [-0.15, -0.1) is 0 Å². The minimum absolute atomic E-state index is 0.708. The van der Waals surface area contributed by atoms with Crippen molar-refractivity contribution < 1.29 is 4.74 Å². The fourth-order valence-corrected chi connectivity index (χ4v) is 3.31. The molecule has 2 fully saturated rings. The maximum atomic E-state index is 5.89. The van der Waals surface area contributed by atoms with Gasteiger partial charge in [-0.1, -0.05) is 11.6 Å². The highest BCUT2D eigenvalue weighted by Crippen LogP contribution is 2.24. The summed E-state index contributed by atoms with van der Waals surface area (Å²) in [5, 5.41) is 0.708. The lowest BCUT2D eigenvalue weighted by Crippen LogP contribution is -2.39. The van der Waals surface area contributed by atoms with E-state index in [4.69, 9.17) is 16.3 Å². The van der Waals surface area contributed by atoms with Crippen LogP contribution in [0.25, 0.3) is 0 Å². The molecule has 3 rings (SSSR count). The Morgan fingerprint density at radius 2 is 1.90 bits per heavy atom. The highest BCUT2D eigenvalue weighted by atomic mass is 35.5. The molecule has 3 heterocycles. The van der Waals surface area contributed by atoms with Gasteiger partial charge in [0.15, 0.2) is 0 Å². The van der Waals surface area contributed by atoms with E-state index in [9.17, 15) is 0 Å². The Labute approximate surface area is 132 Å². The molecule has 21 heavy (non-hydrogen) atoms. The van der Waals surface area contributed by atoms with E-state index in [1.165, 1.54) is 25.8 Å². The Morgan fingerprint density at radius 1 is 1.14 bits per heavy atom. The smallest absolute Gasteiger partial charge is 0.128 e. The van der Waals surface area contributed by atoms with Crippen molar-refractivity contribution in [3.63, 3.8) is 0 Å². The molecule has 0 atom stereocenters. The minimum Gasteiger partial charge on any atom is -0.379 e. The van der Waals surface area contributed by atoms with Crippen molar-refractivity contribution in [2.45, 2.75) is 19.3 Å². The van der Waals surface area contributed by atoms with Crippen molar-refractivity contribution in [1.29, 1.82) is 0 Å². The topological polar surface area (TPSA) is 28.6 Å². The van der Waals surface area contributed by atoms with E-state index in [1.807, 2.05) is 12.1 Å². The van der Waals surface area contributed by atoms with Crippen LogP contribution in [0.15, 0.2) is 18.3 Å². The largest absolute Gasteiger partial charge is 0.379 e. The van der Waals surface area contributed by atoms with Crippen molar-refractivity contribution in [2.24, 2.45) is 5.92 Å². The molecule has 0 N–H and O–H groups in total. The second kappa shape index (κ2) is 7.43. The van der Waals surface area contributed by atoms with E-state index < -0.39 is 0 Å². The Kier molecular flexibility index (Phi) is 5.33. The number of hydrogen-bond acceptors (Lipinski definition) is 4. The Balaban J connectivity index is 1.41. The molecule has 0 amide bonds. The molecular weight excluding hydrogens is 286 g/mol. The number of pyridine rings is 1. The summed E-state index contributed by atoms with van der Waals surface area (Å²) in [6, 6.07) is 3.95. The maximum Gasteiger partial charge on any atom is 0.128 e. The van der Waals surface area contributed by atoms with Crippen LogP contribution in [0.1, 0.15) is 19.3 Å². The summed E-state index contributed by atoms with van der Waals surface area (Å²) in [7, 11) is 0. The van der Waals surface area contributed by atoms with Crippen molar-refractivity contribution in [1.82, 2.24) is 9.88 Å². The first kappa shape index (κ1) is 15.1. The molecule has 0 saturated carbocycles. The molecule has 0 aliphatic carbocycles. The maximum absolute atomic E-state index is 5.89. The lowest BCUT2D eigenvalue weighted by atomic mass is 9.93. The zero-order chi connectivity index (χ0) is 14.5. The van der Waals surface area contributed by atoms with Crippen molar-refractivity contribution >= 4 is 17.4 Å². The summed E-state index contributed by atoms with van der Waals surface area (Å²) < 4.78 is 5.40. The molecule has 0 spiro atoms. The molecule has 2 aliphatic heterocycles. The van der Waals surface area contributed by atoms with Gasteiger partial charge in [-0.3, -0.25) is 4.90 Å². The fraction of sp³-hybridized carbons (Fsp3) is 0.688. The van der Waals surface area contributed by atoms with Gasteiger partial charge in [0.2, 0.25) is 0 Å². The van der Waals surface area contributed by atoms with Crippen LogP contribution in [0, 0.1) is 5.92 Å². The van der Waals surface area contributed by atoms with Crippen LogP contribution in [0.5, 0.6) is 0 Å². The van der Waals surface area contributed by atoms with E-state index >= 15 is 0 Å². The lowest BCUT2D eigenvalue weighted by Gasteiger charge is -2.34. The Bertz CT molecular complexity index is 426. The first-order valence-electron chi connectivity index (χ1n) is 7.98. The average molecular weight is 310 g/mol. The SMILES string of the molecule is Clc1ccc(N2CCC(CCN3CCOCC3)CC2)nc1. The van der Waals surface area contributed by atoms with Crippen molar-refractivity contribution in [2.75, 3.05) is 50.8 Å². The third-order valence-electron chi connectivity index (χ3n) is 4.61. The van der Waals surface area contributed by atoms with Crippen LogP contribution in [0.2, 0.25) is 5.02 Å². The molecule has 0 aromatic carbocycles. The monoisotopic (exact) mass is 309 g/mol. The number of aromatic nitrogens is 1. The normalized spacial score (nSPS) is 21.7. The second-order valence-electron chi connectivity index (χ2n) is 6.01.